The summed E-state index contributed by atoms with van der Waals surface area (Å²) in [6.45, 7) is 12.2. The number of nitrogens with zero attached hydrogens (tertiary/aromatic N) is 3. The lowest BCUT2D eigenvalue weighted by Crippen LogP contribution is -2.48. The van der Waals surface area contributed by atoms with Crippen LogP contribution in [-0.2, 0) is 70.1 Å². The van der Waals surface area contributed by atoms with Crippen molar-refractivity contribution in [1.29, 1.82) is 0 Å². The number of aliphatic hydroxyl groups is 3. The van der Waals surface area contributed by atoms with Crippen molar-refractivity contribution in [1.82, 2.24) is 28.7 Å². The Hall–Kier alpha value is -8.79. The largest absolute Gasteiger partial charge is 0.463 e. The Morgan fingerprint density at radius 2 is 0.624 bits per heavy atom. The monoisotopic (exact) mass is 1730 g/mol. The van der Waals surface area contributed by atoms with Gasteiger partial charge in [0.2, 0.25) is 34.5 Å². The smallest absolute Gasteiger partial charge is 0.380 e. The van der Waals surface area contributed by atoms with Gasteiger partial charge >= 0.3 is 57.8 Å². The number of hydrogen-bond donors (Lipinski definition) is 6. The van der Waals surface area contributed by atoms with Crippen LogP contribution < -0.4 is 47.3 Å². The van der Waals surface area contributed by atoms with Crippen LogP contribution in [0.15, 0.2) is 138 Å². The van der Waals surface area contributed by atoms with Gasteiger partial charge in [0.15, 0.2) is 18.7 Å². The van der Waals surface area contributed by atoms with Crippen LogP contribution in [0.25, 0.3) is 0 Å². The minimum atomic E-state index is -4.28. The predicted octanol–water partition coefficient (Wildman–Crippen LogP) is 8.63. The maximum Gasteiger partial charge on any atom is 0.380 e. The number of carbonyl (C=O) groups is 3. The molecule has 648 valence electrons. The summed E-state index contributed by atoms with van der Waals surface area (Å²) in [6, 6.07) is 23.4. The molecule has 117 heavy (non-hydrogen) atoms. The highest BCUT2D eigenvalue weighted by atomic mass is 31.2. The summed E-state index contributed by atoms with van der Waals surface area (Å²) in [5.41, 5.74) is -18.0. The highest BCUT2D eigenvalue weighted by molar-refractivity contribution is 7.55. The summed E-state index contributed by atoms with van der Waals surface area (Å²) in [7, 11) is -12.8. The molecule has 3 aliphatic rings. The molecule has 3 aliphatic heterocycles. The fourth-order valence-corrected chi connectivity index (χ4v) is 18.3. The van der Waals surface area contributed by atoms with E-state index >= 15 is 13.2 Å². The number of benzene rings is 3. The van der Waals surface area contributed by atoms with Crippen LogP contribution in [-0.4, -0.2) is 191 Å². The molecule has 4 unspecified atom stereocenters. The molecule has 21 atom stereocenters. The number of H-pyrrole nitrogens is 3. The lowest BCUT2D eigenvalue weighted by atomic mass is 9.95. The van der Waals surface area contributed by atoms with Crippen molar-refractivity contribution < 1.29 is 138 Å². The molecule has 3 saturated heterocycles. The molecule has 6 heterocycles. The standard InChI is InChI=1S/3C24H30F3N2O9P/c3*1-13(2)35-21(32)14(3)11-39(34,38-16-8-6-5-7-9-16)37-15(4)18-19(30)24(27,12-25)22(36-18)29-10-17(26)20(31)28-23(29)33/h3*5-10,13-15,18-19,22,30H,11-12H2,1-4H3,(H,28,31,33)/t14-,15+,18-,19+,22-,24?,39?;14-,15+,18-,19+,22-,24?,39+;14-,15+,18-,19+,22-,24?,39-/m111/s1. The van der Waals surface area contributed by atoms with Gasteiger partial charge in [0, 0.05) is 0 Å². The van der Waals surface area contributed by atoms with E-state index in [1.165, 1.54) is 77.9 Å². The van der Waals surface area contributed by atoms with Crippen molar-refractivity contribution in [2.24, 2.45) is 17.8 Å². The first kappa shape index (κ1) is 95.4. The highest BCUT2D eigenvalue weighted by Gasteiger charge is 2.64. The Labute approximate surface area is 660 Å². The molecule has 0 saturated carbocycles. The fraction of sp³-hybridized carbons (Fsp3) is 0.542. The van der Waals surface area contributed by atoms with Gasteiger partial charge < -0.3 is 57.3 Å². The topological polar surface area (TPSA) is 438 Å². The Bertz CT molecular complexity index is 4440. The summed E-state index contributed by atoms with van der Waals surface area (Å²) in [5, 5.41) is 32.0. The van der Waals surface area contributed by atoms with Gasteiger partial charge in [0.05, 0.1) is 91.5 Å². The van der Waals surface area contributed by atoms with Crippen LogP contribution in [0.1, 0.15) is 102 Å². The molecular weight excluding hydrogens is 1640 g/mol. The number of ether oxygens (including phenoxy) is 6. The molecular formula is C72H90F9N6O27P3. The molecule has 3 fully saturated rings. The van der Waals surface area contributed by atoms with Crippen molar-refractivity contribution in [3.63, 3.8) is 0 Å². The summed E-state index contributed by atoms with van der Waals surface area (Å²) in [5.74, 6) is -9.11. The molecule has 0 spiro atoms. The van der Waals surface area contributed by atoms with Crippen molar-refractivity contribution in [2.75, 3.05) is 38.5 Å². The van der Waals surface area contributed by atoms with E-state index in [1.54, 1.807) is 111 Å². The maximum absolute atomic E-state index is 15.7. The van der Waals surface area contributed by atoms with E-state index in [4.69, 9.17) is 55.6 Å². The molecule has 3 aromatic heterocycles. The van der Waals surface area contributed by atoms with Crippen LogP contribution in [0.5, 0.6) is 17.2 Å². The number of alkyl halides is 6. The Kier molecular flexibility index (Phi) is 32.5. The zero-order valence-corrected chi connectivity index (χ0v) is 67.4. The second-order valence-corrected chi connectivity index (χ2v) is 34.4. The zero-order chi connectivity index (χ0) is 87.4. The van der Waals surface area contributed by atoms with Crippen molar-refractivity contribution in [3.8, 4) is 17.2 Å². The third-order valence-corrected chi connectivity index (χ3v) is 24.1. The van der Waals surface area contributed by atoms with E-state index in [9.17, 15) is 98.5 Å². The third kappa shape index (κ3) is 23.4. The van der Waals surface area contributed by atoms with Crippen molar-refractivity contribution >= 4 is 40.7 Å². The minimum absolute atomic E-state index is 0.113. The Morgan fingerprint density at radius 1 is 0.410 bits per heavy atom. The summed E-state index contributed by atoms with van der Waals surface area (Å²) >= 11 is 0. The molecule has 3 aromatic carbocycles. The Morgan fingerprint density at radius 3 is 0.821 bits per heavy atom. The van der Waals surface area contributed by atoms with Crippen LogP contribution in [0.3, 0.4) is 0 Å². The molecule has 0 aliphatic carbocycles. The first-order chi connectivity index (χ1) is 54.6. The number of nitrogens with one attached hydrogen (secondary N) is 3. The van der Waals surface area contributed by atoms with Gasteiger partial charge in [0.1, 0.15) is 73.9 Å². The first-order valence-corrected chi connectivity index (χ1v) is 41.3. The molecule has 9 rings (SSSR count). The molecule has 0 bridgehead atoms. The summed E-state index contributed by atoms with van der Waals surface area (Å²) in [6.07, 6.45) is -25.1. The average Bonchev–Trinajstić information content (AvgIpc) is 1.61. The van der Waals surface area contributed by atoms with E-state index in [1.807, 2.05) is 0 Å². The number of para-hydroxylation sites is 3. The van der Waals surface area contributed by atoms with E-state index < -0.39 is 257 Å². The van der Waals surface area contributed by atoms with E-state index in [-0.39, 0.29) is 30.9 Å². The lowest BCUT2D eigenvalue weighted by Gasteiger charge is -2.29. The predicted molar refractivity (Wildman–Crippen MR) is 394 cm³/mol. The summed E-state index contributed by atoms with van der Waals surface area (Å²) in [4.78, 5) is 113. The van der Waals surface area contributed by atoms with Crippen LogP contribution in [0, 0.1) is 35.2 Å². The van der Waals surface area contributed by atoms with Crippen LogP contribution >= 0.6 is 22.8 Å². The zero-order valence-electron chi connectivity index (χ0n) is 64.8. The van der Waals surface area contributed by atoms with Crippen molar-refractivity contribution in [3.05, 3.63) is 190 Å². The number of aromatic amines is 3. The molecule has 0 radical (unpaired) electrons. The Balaban J connectivity index is 0.000000242. The molecule has 6 N–H and O–H groups in total. The highest BCUT2D eigenvalue weighted by Crippen LogP contribution is 2.57. The number of aromatic nitrogens is 6. The van der Waals surface area contributed by atoms with Gasteiger partial charge in [-0.1, -0.05) is 75.4 Å². The van der Waals surface area contributed by atoms with E-state index in [0.29, 0.717) is 18.6 Å². The van der Waals surface area contributed by atoms with Crippen LogP contribution in [0.2, 0.25) is 0 Å². The maximum atomic E-state index is 15.7. The van der Waals surface area contributed by atoms with Gasteiger partial charge in [-0.25, -0.2) is 54.4 Å². The molecule has 0 amide bonds. The van der Waals surface area contributed by atoms with Gasteiger partial charge in [-0.3, -0.25) is 71.0 Å². The molecule has 33 nitrogen and oxygen atoms in total. The molecule has 45 heteroatoms. The van der Waals surface area contributed by atoms with Gasteiger partial charge in [-0.15, -0.1) is 0 Å². The SMILES string of the molecule is CC(C)OC(=O)[C@H](C)CP(=O)(Oc1ccccc1)O[C@@H](C)[C@H]1O[C@@H](n2cc(F)c(=O)[nH]c2=O)C(F)(CF)[C@H]1O.CC(C)OC(=O)[C@H](C)C[P@@](=O)(Oc1ccccc1)O[C@@H](C)[C@H]1O[C@@H](n2cc(F)c(=O)[nH]c2=O)C(F)(CF)[C@H]1O.CC(C)OC(=O)[C@H](C)C[P@](=O)(Oc1ccccc1)O[C@@H](C)[C@H]1O[C@@H](n2cc(F)c(=O)[nH]c2=O)C(F)(CF)[C@H]1O. The quantitative estimate of drug-likeness (QED) is 0.00971. The number of esters is 3. The molecule has 6 aromatic rings. The van der Waals surface area contributed by atoms with Crippen LogP contribution in [0.4, 0.5) is 39.5 Å². The average molecular weight is 1740 g/mol. The van der Waals surface area contributed by atoms with Gasteiger partial charge in [-0.05, 0) is 98.7 Å². The van der Waals surface area contributed by atoms with E-state index in [2.05, 4.69) is 0 Å². The summed E-state index contributed by atoms with van der Waals surface area (Å²) < 4.78 is 238. The number of halogens is 9. The second-order valence-electron chi connectivity index (χ2n) is 28.5. The first-order valence-electron chi connectivity index (χ1n) is 36.1. The number of rotatable bonds is 33. The lowest BCUT2D eigenvalue weighted by molar-refractivity contribution is -0.152. The number of carbonyl (C=O) groups excluding carboxylic acids is 3. The number of aliphatic hydroxyl groups excluding tert-OH is 3. The van der Waals surface area contributed by atoms with Gasteiger partial charge in [-0.2, -0.15) is 13.2 Å². The fourth-order valence-electron chi connectivity index (χ4n) is 12.0. The van der Waals surface area contributed by atoms with E-state index in [0.717, 1.165) is 0 Å². The minimum Gasteiger partial charge on any atom is -0.463 e. The normalized spacial score (nSPS) is 26.1. The van der Waals surface area contributed by atoms with Gasteiger partial charge in [0.25, 0.3) is 16.7 Å². The van der Waals surface area contributed by atoms with Crippen molar-refractivity contribution in [2.45, 2.75) is 192 Å². The third-order valence-electron chi connectivity index (χ3n) is 17.7. The number of hydrogen-bond acceptors (Lipinski definition) is 27. The second kappa shape index (κ2) is 39.8.